The molecule has 1 atom stereocenters. The zero-order chi connectivity index (χ0) is 12.7. The molecule has 17 heavy (non-hydrogen) atoms. The highest BCUT2D eigenvalue weighted by atomic mass is 16.5. The van der Waals surface area contributed by atoms with Gasteiger partial charge in [0.05, 0.1) is 5.70 Å². The molecule has 1 heterocycles. The Bertz CT molecular complexity index is 356. The number of aliphatic hydroxyl groups excluding tert-OH is 1. The second-order valence-corrected chi connectivity index (χ2v) is 3.69. The first-order valence-corrected chi connectivity index (χ1v) is 5.84. The van der Waals surface area contributed by atoms with Crippen molar-refractivity contribution < 1.29 is 14.6 Å². The summed E-state index contributed by atoms with van der Waals surface area (Å²) in [6, 6.07) is 0. The van der Waals surface area contributed by atoms with Gasteiger partial charge in [-0.15, -0.1) is 0 Å². The van der Waals surface area contributed by atoms with E-state index in [9.17, 15) is 4.79 Å². The highest BCUT2D eigenvalue weighted by Gasteiger charge is 2.28. The monoisotopic (exact) mass is 237 g/mol. The van der Waals surface area contributed by atoms with E-state index in [0.29, 0.717) is 17.9 Å². The molecule has 1 rings (SSSR count). The summed E-state index contributed by atoms with van der Waals surface area (Å²) in [6.07, 6.45) is 7.97. The van der Waals surface area contributed by atoms with Gasteiger partial charge in [-0.2, -0.15) is 0 Å². The molecule has 1 amide bonds. The maximum Gasteiger partial charge on any atom is 0.265 e. The summed E-state index contributed by atoms with van der Waals surface area (Å²) in [5, 5.41) is 11.6. The lowest BCUT2D eigenvalue weighted by Crippen LogP contribution is -2.42. The van der Waals surface area contributed by atoms with Crippen LogP contribution in [0.15, 0.2) is 35.8 Å². The van der Waals surface area contributed by atoms with Crippen LogP contribution < -0.4 is 5.32 Å². The Morgan fingerprint density at radius 2 is 2.29 bits per heavy atom. The van der Waals surface area contributed by atoms with Crippen LogP contribution in [-0.2, 0) is 9.53 Å². The Kier molecular flexibility index (Phi) is 5.49. The van der Waals surface area contributed by atoms with Crippen molar-refractivity contribution in [1.82, 2.24) is 5.32 Å². The van der Waals surface area contributed by atoms with E-state index in [1.807, 2.05) is 32.1 Å². The number of nitrogens with one attached hydrogen (secondary N) is 1. The van der Waals surface area contributed by atoms with Crippen LogP contribution in [0.1, 0.15) is 26.7 Å². The van der Waals surface area contributed by atoms with Crippen molar-refractivity contribution in [2.45, 2.75) is 32.8 Å². The standard InChI is InChI=1S/C13H19NO3/c1-3-5-7-10-11(6-4-2)17-12(8-9-15)13(16)14-10/h3,5-7,12,15H,4,8-9H2,1-2H3,(H,14,16)/b5-3-,10-7+,11-6+. The molecule has 4 nitrogen and oxygen atoms in total. The number of morpholine rings is 1. The minimum atomic E-state index is -0.597. The molecule has 0 bridgehead atoms. The van der Waals surface area contributed by atoms with E-state index in [0.717, 1.165) is 6.42 Å². The molecule has 1 unspecified atom stereocenters. The Morgan fingerprint density at radius 3 is 2.88 bits per heavy atom. The van der Waals surface area contributed by atoms with Crippen molar-refractivity contribution in [3.05, 3.63) is 35.8 Å². The minimum absolute atomic E-state index is 0.0641. The van der Waals surface area contributed by atoms with Crippen LogP contribution in [0.5, 0.6) is 0 Å². The number of allylic oxidation sites excluding steroid dienone is 4. The van der Waals surface area contributed by atoms with Gasteiger partial charge in [0.15, 0.2) is 6.10 Å². The molecule has 0 aromatic rings. The molecule has 1 aliphatic heterocycles. The van der Waals surface area contributed by atoms with Crippen molar-refractivity contribution in [2.75, 3.05) is 6.61 Å². The number of carbonyl (C=O) groups excluding carboxylic acids is 1. The largest absolute Gasteiger partial charge is 0.479 e. The first-order valence-electron chi connectivity index (χ1n) is 5.84. The molecule has 4 heteroatoms. The quantitative estimate of drug-likeness (QED) is 0.781. The first kappa shape index (κ1) is 13.5. The molecule has 1 saturated heterocycles. The fourth-order valence-corrected chi connectivity index (χ4v) is 1.51. The number of hydrogen-bond donors (Lipinski definition) is 2. The van der Waals surface area contributed by atoms with Crippen LogP contribution in [0.25, 0.3) is 0 Å². The maximum atomic E-state index is 11.7. The summed E-state index contributed by atoms with van der Waals surface area (Å²) >= 11 is 0. The average molecular weight is 237 g/mol. The zero-order valence-corrected chi connectivity index (χ0v) is 10.3. The van der Waals surface area contributed by atoms with Crippen LogP contribution in [-0.4, -0.2) is 23.7 Å². The van der Waals surface area contributed by atoms with Crippen molar-refractivity contribution in [2.24, 2.45) is 0 Å². The van der Waals surface area contributed by atoms with E-state index in [1.54, 1.807) is 6.08 Å². The van der Waals surface area contributed by atoms with Gasteiger partial charge in [-0.25, -0.2) is 0 Å². The third-order valence-electron chi connectivity index (χ3n) is 2.32. The third-order valence-corrected chi connectivity index (χ3v) is 2.32. The molecule has 94 valence electrons. The summed E-state index contributed by atoms with van der Waals surface area (Å²) in [6.45, 7) is 3.84. The van der Waals surface area contributed by atoms with Gasteiger partial charge in [0.25, 0.3) is 5.91 Å². The number of amides is 1. The van der Waals surface area contributed by atoms with Crippen molar-refractivity contribution >= 4 is 5.91 Å². The third kappa shape index (κ3) is 3.75. The SMILES string of the molecule is C\C=C/C=C1/NC(=O)C(CCO)O/C1=C/CC. The highest BCUT2D eigenvalue weighted by Crippen LogP contribution is 2.20. The average Bonchev–Trinajstić information content (AvgIpc) is 2.32. The minimum Gasteiger partial charge on any atom is -0.479 e. The van der Waals surface area contributed by atoms with E-state index < -0.39 is 6.10 Å². The number of hydrogen-bond acceptors (Lipinski definition) is 3. The molecule has 0 radical (unpaired) electrons. The van der Waals surface area contributed by atoms with E-state index in [4.69, 9.17) is 9.84 Å². The normalized spacial score (nSPS) is 25.4. The molecule has 1 fully saturated rings. The summed E-state index contributed by atoms with van der Waals surface area (Å²) in [7, 11) is 0. The van der Waals surface area contributed by atoms with Crippen molar-refractivity contribution in [1.29, 1.82) is 0 Å². The highest BCUT2D eigenvalue weighted by molar-refractivity contribution is 5.84. The molecule has 2 N–H and O–H groups in total. The predicted octanol–water partition coefficient (Wildman–Crippen LogP) is 1.64. The lowest BCUT2D eigenvalue weighted by Gasteiger charge is -2.27. The first-order chi connectivity index (χ1) is 8.22. The Morgan fingerprint density at radius 1 is 1.53 bits per heavy atom. The van der Waals surface area contributed by atoms with E-state index >= 15 is 0 Å². The van der Waals surface area contributed by atoms with Crippen molar-refractivity contribution in [3.8, 4) is 0 Å². The predicted molar refractivity (Wildman–Crippen MR) is 66.0 cm³/mol. The summed E-state index contributed by atoms with van der Waals surface area (Å²) in [4.78, 5) is 11.7. The topological polar surface area (TPSA) is 58.6 Å². The molecule has 0 aliphatic carbocycles. The van der Waals surface area contributed by atoms with E-state index in [-0.39, 0.29) is 12.5 Å². The van der Waals surface area contributed by atoms with Crippen LogP contribution in [0.4, 0.5) is 0 Å². The van der Waals surface area contributed by atoms with Gasteiger partial charge >= 0.3 is 0 Å². The lowest BCUT2D eigenvalue weighted by atomic mass is 10.1. The number of rotatable bonds is 4. The Labute approximate surface area is 102 Å². The second kappa shape index (κ2) is 6.91. The maximum absolute atomic E-state index is 11.7. The summed E-state index contributed by atoms with van der Waals surface area (Å²) in [5.41, 5.74) is 0.670. The van der Waals surface area contributed by atoms with Crippen LogP contribution in [0, 0.1) is 0 Å². The van der Waals surface area contributed by atoms with Gasteiger partial charge in [-0.1, -0.05) is 19.1 Å². The van der Waals surface area contributed by atoms with Crippen LogP contribution in [0.2, 0.25) is 0 Å². The summed E-state index contributed by atoms with van der Waals surface area (Å²) in [5.74, 6) is 0.465. The van der Waals surface area contributed by atoms with Gasteiger partial charge in [-0.05, 0) is 25.5 Å². The zero-order valence-electron chi connectivity index (χ0n) is 10.3. The fraction of sp³-hybridized carbons (Fsp3) is 0.462. The van der Waals surface area contributed by atoms with E-state index in [1.165, 1.54) is 0 Å². The van der Waals surface area contributed by atoms with Gasteiger partial charge in [0, 0.05) is 13.0 Å². The molecule has 0 aromatic carbocycles. The van der Waals surface area contributed by atoms with E-state index in [2.05, 4.69) is 5.32 Å². The molecular formula is C13H19NO3. The van der Waals surface area contributed by atoms with Crippen LogP contribution >= 0.6 is 0 Å². The smallest absolute Gasteiger partial charge is 0.265 e. The Balaban J connectivity index is 2.88. The lowest BCUT2D eigenvalue weighted by molar-refractivity contribution is -0.132. The fourth-order valence-electron chi connectivity index (χ4n) is 1.51. The molecular weight excluding hydrogens is 218 g/mol. The van der Waals surface area contributed by atoms with Crippen LogP contribution in [0.3, 0.4) is 0 Å². The van der Waals surface area contributed by atoms with Gasteiger partial charge in [0.2, 0.25) is 0 Å². The molecule has 1 aliphatic rings. The number of carbonyl (C=O) groups is 1. The molecule has 0 spiro atoms. The van der Waals surface area contributed by atoms with Gasteiger partial charge in [0.1, 0.15) is 5.76 Å². The molecule has 0 aromatic heterocycles. The molecule has 0 saturated carbocycles. The summed E-state index contributed by atoms with van der Waals surface area (Å²) < 4.78 is 5.58. The number of ether oxygens (including phenoxy) is 1. The van der Waals surface area contributed by atoms with Gasteiger partial charge < -0.3 is 15.2 Å². The Hall–Kier alpha value is -1.55. The van der Waals surface area contributed by atoms with Gasteiger partial charge in [-0.3, -0.25) is 4.79 Å². The number of aliphatic hydroxyl groups is 1. The second-order valence-electron chi connectivity index (χ2n) is 3.69. The van der Waals surface area contributed by atoms with Crippen molar-refractivity contribution in [3.63, 3.8) is 0 Å².